The molecule has 1 aliphatic rings. The van der Waals surface area contributed by atoms with Crippen molar-refractivity contribution >= 4 is 0 Å². The van der Waals surface area contributed by atoms with E-state index < -0.39 is 0 Å². The average Bonchev–Trinajstić information content (AvgIpc) is 3.22. The summed E-state index contributed by atoms with van der Waals surface area (Å²) in [6.07, 6.45) is 1.59. The monoisotopic (exact) mass is 336 g/mol. The summed E-state index contributed by atoms with van der Waals surface area (Å²) < 4.78 is 18.2. The molecule has 1 saturated heterocycles. The maximum absolute atomic E-state index is 5.86. The van der Waals surface area contributed by atoms with E-state index in [-0.39, 0.29) is 6.10 Å². The van der Waals surface area contributed by atoms with Crippen LogP contribution in [0.25, 0.3) is 0 Å². The summed E-state index contributed by atoms with van der Waals surface area (Å²) >= 11 is 0. The lowest BCUT2D eigenvalue weighted by Crippen LogP contribution is -2.39. The van der Waals surface area contributed by atoms with Gasteiger partial charge in [-0.1, -0.05) is 13.8 Å². The van der Waals surface area contributed by atoms with Crippen molar-refractivity contribution in [2.75, 3.05) is 33.4 Å². The first-order chi connectivity index (χ1) is 11.7. The number of morpholine rings is 1. The predicted octanol–water partition coefficient (Wildman–Crippen LogP) is 1.00. The van der Waals surface area contributed by atoms with Gasteiger partial charge in [-0.3, -0.25) is 4.90 Å². The first kappa shape index (κ1) is 17.0. The lowest BCUT2D eigenvalue weighted by atomic mass is 10.2. The van der Waals surface area contributed by atoms with Gasteiger partial charge in [-0.05, 0) is 10.4 Å². The van der Waals surface area contributed by atoms with Crippen molar-refractivity contribution in [2.45, 2.75) is 39.0 Å². The quantitative estimate of drug-likeness (QED) is 0.740. The number of ether oxygens (including phenoxy) is 2. The molecule has 1 atom stereocenters. The highest BCUT2D eigenvalue weighted by Crippen LogP contribution is 2.22. The van der Waals surface area contributed by atoms with E-state index in [2.05, 4.69) is 39.3 Å². The van der Waals surface area contributed by atoms with Crippen molar-refractivity contribution in [2.24, 2.45) is 0 Å². The molecule has 0 spiro atoms. The molecule has 0 saturated carbocycles. The van der Waals surface area contributed by atoms with Crippen LogP contribution in [0.2, 0.25) is 0 Å². The van der Waals surface area contributed by atoms with Gasteiger partial charge in [-0.2, -0.15) is 0 Å². The molecule has 9 nitrogen and oxygen atoms in total. The molecule has 3 heterocycles. The van der Waals surface area contributed by atoms with Crippen molar-refractivity contribution in [3.8, 4) is 0 Å². The van der Waals surface area contributed by atoms with Gasteiger partial charge >= 0.3 is 0 Å². The molecule has 1 aliphatic heterocycles. The Morgan fingerprint density at radius 3 is 3.04 bits per heavy atom. The third-order valence-corrected chi connectivity index (χ3v) is 3.95. The van der Waals surface area contributed by atoms with Gasteiger partial charge in [0.05, 0.1) is 25.5 Å². The van der Waals surface area contributed by atoms with E-state index in [0.29, 0.717) is 25.7 Å². The van der Waals surface area contributed by atoms with Gasteiger partial charge < -0.3 is 13.9 Å². The van der Waals surface area contributed by atoms with Crippen molar-refractivity contribution in [1.29, 1.82) is 0 Å². The van der Waals surface area contributed by atoms with Crippen LogP contribution in [0.5, 0.6) is 0 Å². The molecule has 1 fully saturated rings. The number of nitrogens with zero attached hydrogens (tertiary/aromatic N) is 6. The molecule has 2 aromatic rings. The van der Waals surface area contributed by atoms with Gasteiger partial charge in [0.25, 0.3) is 0 Å². The first-order valence-electron chi connectivity index (χ1n) is 8.20. The largest absolute Gasteiger partial charge is 0.448 e. The third-order valence-electron chi connectivity index (χ3n) is 3.95. The van der Waals surface area contributed by atoms with E-state index in [1.54, 1.807) is 18.1 Å². The first-order valence-corrected chi connectivity index (χ1v) is 8.20. The lowest BCUT2D eigenvalue weighted by Gasteiger charge is -2.31. The van der Waals surface area contributed by atoms with Crippen molar-refractivity contribution in [3.63, 3.8) is 0 Å². The molecule has 3 rings (SSSR count). The zero-order valence-corrected chi connectivity index (χ0v) is 14.4. The lowest BCUT2D eigenvalue weighted by molar-refractivity contribution is -0.0400. The maximum Gasteiger partial charge on any atom is 0.196 e. The van der Waals surface area contributed by atoms with Gasteiger partial charge in [0, 0.05) is 32.7 Å². The molecule has 0 bridgehead atoms. The maximum atomic E-state index is 5.86. The highest BCUT2D eigenvalue weighted by molar-refractivity contribution is 5.00. The summed E-state index contributed by atoms with van der Waals surface area (Å²) in [7, 11) is 1.66. The summed E-state index contributed by atoms with van der Waals surface area (Å²) in [5.41, 5.74) is 0.943. The smallest absolute Gasteiger partial charge is 0.196 e. The van der Waals surface area contributed by atoms with Crippen LogP contribution in [-0.4, -0.2) is 63.5 Å². The number of rotatable bonds is 7. The fraction of sp³-hybridized carbons (Fsp3) is 0.733. The molecule has 0 N–H and O–H groups in total. The van der Waals surface area contributed by atoms with Crippen molar-refractivity contribution in [3.05, 3.63) is 23.7 Å². The molecule has 0 aromatic carbocycles. The van der Waals surface area contributed by atoms with Crippen LogP contribution in [0.1, 0.15) is 43.3 Å². The minimum atomic E-state index is -0.151. The number of hydrogen-bond acceptors (Lipinski definition) is 8. The van der Waals surface area contributed by atoms with Gasteiger partial charge in [-0.25, -0.2) is 9.67 Å². The number of hydrogen-bond donors (Lipinski definition) is 0. The zero-order chi connectivity index (χ0) is 16.9. The zero-order valence-electron chi connectivity index (χ0n) is 14.4. The Kier molecular flexibility index (Phi) is 5.54. The van der Waals surface area contributed by atoms with E-state index in [0.717, 1.165) is 37.0 Å². The number of tetrazole rings is 1. The van der Waals surface area contributed by atoms with E-state index in [9.17, 15) is 0 Å². The second-order valence-electron chi connectivity index (χ2n) is 6.18. The number of oxazole rings is 1. The molecular weight excluding hydrogens is 312 g/mol. The topological polar surface area (TPSA) is 91.3 Å². The molecule has 24 heavy (non-hydrogen) atoms. The van der Waals surface area contributed by atoms with E-state index in [1.165, 1.54) is 0 Å². The highest BCUT2D eigenvalue weighted by Gasteiger charge is 2.27. The number of methoxy groups -OCH3 is 1. The summed E-state index contributed by atoms with van der Waals surface area (Å²) in [4.78, 5) is 6.82. The van der Waals surface area contributed by atoms with Crippen LogP contribution in [-0.2, 0) is 22.6 Å². The Labute approximate surface area is 140 Å². The molecule has 132 valence electrons. The molecule has 0 aliphatic carbocycles. The molecule has 0 radical (unpaired) electrons. The van der Waals surface area contributed by atoms with Crippen LogP contribution < -0.4 is 0 Å². The standard InChI is InChI=1S/C15H24N6O3/c1-11(2)15-16-12(10-24-15)8-20-4-7-23-13(9-20)14-17-18-19-21(14)5-6-22-3/h10-11,13H,4-9H2,1-3H3/t13-/m1/s1. The molecule has 0 unspecified atom stereocenters. The van der Waals surface area contributed by atoms with E-state index >= 15 is 0 Å². The second kappa shape index (κ2) is 7.82. The van der Waals surface area contributed by atoms with Crippen LogP contribution in [0.15, 0.2) is 10.7 Å². The molecule has 2 aromatic heterocycles. The molecule has 0 amide bonds. The Morgan fingerprint density at radius 1 is 1.42 bits per heavy atom. The van der Waals surface area contributed by atoms with Crippen LogP contribution >= 0.6 is 0 Å². The van der Waals surface area contributed by atoms with E-state index in [4.69, 9.17) is 13.9 Å². The Morgan fingerprint density at radius 2 is 2.29 bits per heavy atom. The SMILES string of the molecule is COCCn1nnnc1[C@H]1CN(Cc2coc(C(C)C)n2)CCO1. The minimum Gasteiger partial charge on any atom is -0.448 e. The van der Waals surface area contributed by atoms with Crippen LogP contribution in [0.4, 0.5) is 0 Å². The summed E-state index contributed by atoms with van der Waals surface area (Å²) in [5.74, 6) is 1.81. The van der Waals surface area contributed by atoms with Gasteiger partial charge in [-0.15, -0.1) is 5.10 Å². The van der Waals surface area contributed by atoms with Gasteiger partial charge in [0.1, 0.15) is 12.4 Å². The predicted molar refractivity (Wildman–Crippen MR) is 84.3 cm³/mol. The van der Waals surface area contributed by atoms with Crippen molar-refractivity contribution < 1.29 is 13.9 Å². The normalized spacial score (nSPS) is 19.2. The van der Waals surface area contributed by atoms with Crippen LogP contribution in [0.3, 0.4) is 0 Å². The summed E-state index contributed by atoms with van der Waals surface area (Å²) in [5, 5.41) is 11.9. The fourth-order valence-electron chi connectivity index (χ4n) is 2.67. The Bertz CT molecular complexity index is 641. The van der Waals surface area contributed by atoms with Crippen LogP contribution in [0, 0.1) is 0 Å². The average molecular weight is 336 g/mol. The highest BCUT2D eigenvalue weighted by atomic mass is 16.5. The second-order valence-corrected chi connectivity index (χ2v) is 6.18. The number of aromatic nitrogens is 5. The Balaban J connectivity index is 1.62. The summed E-state index contributed by atoms with van der Waals surface area (Å²) in [6.45, 7) is 8.25. The fourth-order valence-corrected chi connectivity index (χ4v) is 2.67. The van der Waals surface area contributed by atoms with Gasteiger partial charge in [0.15, 0.2) is 11.7 Å². The Hall–Kier alpha value is -1.84. The third kappa shape index (κ3) is 3.97. The minimum absolute atomic E-state index is 0.151. The van der Waals surface area contributed by atoms with Crippen molar-refractivity contribution in [1.82, 2.24) is 30.1 Å². The molecular formula is C15H24N6O3. The molecule has 9 heteroatoms. The van der Waals surface area contributed by atoms with E-state index in [1.807, 2.05) is 0 Å². The van der Waals surface area contributed by atoms with Gasteiger partial charge in [0.2, 0.25) is 0 Å². The summed E-state index contributed by atoms with van der Waals surface area (Å²) in [6, 6.07) is 0.